The number of H-pyrrole nitrogens is 1. The van der Waals surface area contributed by atoms with Crippen LogP contribution in [0.15, 0.2) is 4.79 Å². The van der Waals surface area contributed by atoms with E-state index in [4.69, 9.17) is 4.74 Å². The average Bonchev–Trinajstić information content (AvgIpc) is 2.52. The number of unbranched alkanes of at least 4 members (excludes halogenated alkanes) is 5. The first kappa shape index (κ1) is 17.8. The molecule has 23 heavy (non-hydrogen) atoms. The van der Waals surface area contributed by atoms with Gasteiger partial charge >= 0.3 is 0 Å². The monoisotopic (exact) mass is 319 g/mol. The maximum Gasteiger partial charge on any atom is 0.259 e. The van der Waals surface area contributed by atoms with Crippen LogP contribution in [-0.2, 0) is 0 Å². The molecule has 1 aliphatic rings. The zero-order chi connectivity index (χ0) is 16.8. The minimum absolute atomic E-state index is 0.0428. The molecule has 0 radical (unpaired) electrons. The fourth-order valence-electron chi connectivity index (χ4n) is 3.69. The lowest BCUT2D eigenvalue weighted by Gasteiger charge is -2.26. The van der Waals surface area contributed by atoms with Crippen molar-refractivity contribution in [2.24, 2.45) is 0 Å². The number of carbonyl (C=O) groups excluding carboxylic acids is 1. The maximum absolute atomic E-state index is 12.2. The van der Waals surface area contributed by atoms with Crippen LogP contribution in [0.25, 0.3) is 0 Å². The number of carbonyl (C=O) groups is 1. The number of hydrogen-bond donors (Lipinski definition) is 1. The molecule has 0 aliphatic heterocycles. The molecule has 0 aromatic carbocycles. The van der Waals surface area contributed by atoms with E-state index in [0.29, 0.717) is 17.7 Å². The number of aromatic nitrogens is 1. The molecule has 0 saturated carbocycles. The van der Waals surface area contributed by atoms with Crippen molar-refractivity contribution in [3.05, 3.63) is 27.2 Å². The Morgan fingerprint density at radius 3 is 2.52 bits per heavy atom. The van der Waals surface area contributed by atoms with Crippen LogP contribution in [-0.4, -0.2) is 17.9 Å². The van der Waals surface area contributed by atoms with Crippen molar-refractivity contribution in [3.63, 3.8) is 0 Å². The first-order valence-corrected chi connectivity index (χ1v) is 8.94. The molecule has 4 heteroatoms. The number of fused-ring (bicyclic) bond motifs is 1. The summed E-state index contributed by atoms with van der Waals surface area (Å²) in [6.07, 6.45) is 9.87. The van der Waals surface area contributed by atoms with Gasteiger partial charge in [0.1, 0.15) is 5.75 Å². The summed E-state index contributed by atoms with van der Waals surface area (Å²) in [4.78, 5) is 27.2. The van der Waals surface area contributed by atoms with Gasteiger partial charge in [-0.15, -0.1) is 0 Å². The molecule has 4 nitrogen and oxygen atoms in total. The van der Waals surface area contributed by atoms with Crippen LogP contribution in [0.3, 0.4) is 0 Å². The molecular weight excluding hydrogens is 290 g/mol. The SMILES string of the molecule is CCCCCCCC[C@H]1CCC(=O)c2c1c(OC)c(C)[nH]c2=O. The van der Waals surface area contributed by atoms with E-state index in [1.165, 1.54) is 32.1 Å². The summed E-state index contributed by atoms with van der Waals surface area (Å²) in [5, 5.41) is 0. The highest BCUT2D eigenvalue weighted by molar-refractivity contribution is 5.99. The summed E-state index contributed by atoms with van der Waals surface area (Å²) in [6.45, 7) is 4.06. The quantitative estimate of drug-likeness (QED) is 0.718. The number of ketones is 1. The van der Waals surface area contributed by atoms with E-state index in [9.17, 15) is 9.59 Å². The predicted molar refractivity (Wildman–Crippen MR) is 92.7 cm³/mol. The second kappa shape index (κ2) is 8.32. The van der Waals surface area contributed by atoms with E-state index in [2.05, 4.69) is 11.9 Å². The van der Waals surface area contributed by atoms with Crippen molar-refractivity contribution in [2.75, 3.05) is 7.11 Å². The van der Waals surface area contributed by atoms with Crippen LogP contribution in [0.5, 0.6) is 5.75 Å². The van der Waals surface area contributed by atoms with E-state index in [1.807, 2.05) is 6.92 Å². The Morgan fingerprint density at radius 1 is 1.13 bits per heavy atom. The highest BCUT2D eigenvalue weighted by Gasteiger charge is 2.32. The zero-order valence-electron chi connectivity index (χ0n) is 14.7. The summed E-state index contributed by atoms with van der Waals surface area (Å²) in [7, 11) is 1.61. The Morgan fingerprint density at radius 2 is 1.83 bits per heavy atom. The van der Waals surface area contributed by atoms with Gasteiger partial charge < -0.3 is 9.72 Å². The largest absolute Gasteiger partial charge is 0.495 e. The van der Waals surface area contributed by atoms with Crippen molar-refractivity contribution >= 4 is 5.78 Å². The van der Waals surface area contributed by atoms with Gasteiger partial charge in [0.15, 0.2) is 5.78 Å². The third-order valence-electron chi connectivity index (χ3n) is 4.90. The number of ether oxygens (including phenoxy) is 1. The van der Waals surface area contributed by atoms with Crippen molar-refractivity contribution in [3.8, 4) is 5.75 Å². The smallest absolute Gasteiger partial charge is 0.259 e. The van der Waals surface area contributed by atoms with Gasteiger partial charge in [-0.1, -0.05) is 45.4 Å². The van der Waals surface area contributed by atoms with Gasteiger partial charge in [-0.25, -0.2) is 0 Å². The highest BCUT2D eigenvalue weighted by Crippen LogP contribution is 2.40. The van der Waals surface area contributed by atoms with Crippen LogP contribution in [0.2, 0.25) is 0 Å². The topological polar surface area (TPSA) is 59.2 Å². The summed E-state index contributed by atoms with van der Waals surface area (Å²) in [5.41, 5.74) is 1.67. The summed E-state index contributed by atoms with van der Waals surface area (Å²) >= 11 is 0. The van der Waals surface area contributed by atoms with Gasteiger partial charge in [0.25, 0.3) is 5.56 Å². The highest BCUT2D eigenvalue weighted by atomic mass is 16.5. The molecule has 0 unspecified atom stereocenters. The van der Waals surface area contributed by atoms with Crippen molar-refractivity contribution in [1.82, 2.24) is 4.98 Å². The molecule has 128 valence electrons. The van der Waals surface area contributed by atoms with E-state index >= 15 is 0 Å². The molecule has 1 aliphatic carbocycles. The van der Waals surface area contributed by atoms with Crippen LogP contribution in [0.1, 0.15) is 92.2 Å². The molecule has 1 N–H and O–H groups in total. The molecule has 0 fully saturated rings. The average molecular weight is 319 g/mol. The van der Waals surface area contributed by atoms with Gasteiger partial charge in [0, 0.05) is 12.0 Å². The van der Waals surface area contributed by atoms with Crippen molar-refractivity contribution in [2.45, 2.75) is 77.6 Å². The van der Waals surface area contributed by atoms with Gasteiger partial charge in [-0.05, 0) is 25.7 Å². The Labute approximate surface area is 138 Å². The Bertz CT molecular complexity index is 603. The number of methoxy groups -OCH3 is 1. The predicted octanol–water partition coefficient (Wildman–Crippen LogP) is 4.50. The third-order valence-corrected chi connectivity index (χ3v) is 4.90. The summed E-state index contributed by atoms with van der Waals surface area (Å²) in [6, 6.07) is 0. The molecule has 1 aromatic rings. The molecule has 1 atom stereocenters. The first-order chi connectivity index (χ1) is 11.1. The van der Waals surface area contributed by atoms with Gasteiger partial charge in [0.05, 0.1) is 18.4 Å². The lowest BCUT2D eigenvalue weighted by molar-refractivity contribution is 0.0963. The van der Waals surface area contributed by atoms with E-state index in [0.717, 1.165) is 30.5 Å². The van der Waals surface area contributed by atoms with E-state index < -0.39 is 0 Å². The maximum atomic E-state index is 12.2. The fraction of sp³-hybridized carbons (Fsp3) is 0.684. The Hall–Kier alpha value is -1.58. The second-order valence-electron chi connectivity index (χ2n) is 6.62. The number of pyridine rings is 1. The number of aromatic amines is 1. The molecule has 0 bridgehead atoms. The van der Waals surface area contributed by atoms with E-state index in [-0.39, 0.29) is 17.3 Å². The molecule has 2 rings (SSSR count). The number of aryl methyl sites for hydroxylation is 1. The van der Waals surface area contributed by atoms with Crippen LogP contribution in [0, 0.1) is 6.92 Å². The van der Waals surface area contributed by atoms with Crippen molar-refractivity contribution in [1.29, 1.82) is 0 Å². The lowest BCUT2D eigenvalue weighted by Crippen LogP contribution is -2.28. The molecule has 0 amide bonds. The third kappa shape index (κ3) is 4.04. The summed E-state index contributed by atoms with van der Waals surface area (Å²) in [5.74, 6) is 0.923. The number of rotatable bonds is 8. The van der Waals surface area contributed by atoms with Gasteiger partial charge in [-0.2, -0.15) is 0 Å². The minimum Gasteiger partial charge on any atom is -0.495 e. The standard InChI is InChI=1S/C19H29NO3/c1-4-5-6-7-8-9-10-14-11-12-15(21)17-16(14)18(23-3)13(2)20-19(17)22/h14H,4-12H2,1-3H3,(H,20,22)/t14-/m0/s1. The van der Waals surface area contributed by atoms with Crippen LogP contribution in [0.4, 0.5) is 0 Å². The van der Waals surface area contributed by atoms with Crippen LogP contribution >= 0.6 is 0 Å². The van der Waals surface area contributed by atoms with Gasteiger partial charge in [0.2, 0.25) is 0 Å². The molecule has 0 saturated heterocycles. The normalized spacial score (nSPS) is 17.2. The molecule has 1 aromatic heterocycles. The van der Waals surface area contributed by atoms with Crippen molar-refractivity contribution < 1.29 is 9.53 Å². The number of Topliss-reactive ketones (excluding diaryl/α,β-unsaturated/α-hetero) is 1. The zero-order valence-corrected chi connectivity index (χ0v) is 14.7. The molecule has 0 spiro atoms. The lowest BCUT2D eigenvalue weighted by atomic mass is 9.79. The van der Waals surface area contributed by atoms with Crippen LogP contribution < -0.4 is 10.3 Å². The fourth-order valence-corrected chi connectivity index (χ4v) is 3.69. The summed E-state index contributed by atoms with van der Waals surface area (Å²) < 4.78 is 5.51. The van der Waals surface area contributed by atoms with Gasteiger partial charge in [-0.3, -0.25) is 9.59 Å². The first-order valence-electron chi connectivity index (χ1n) is 8.94. The minimum atomic E-state index is -0.254. The van der Waals surface area contributed by atoms with E-state index in [1.54, 1.807) is 7.11 Å². The Kier molecular flexibility index (Phi) is 6.43. The second-order valence-corrected chi connectivity index (χ2v) is 6.62. The molecule has 1 heterocycles. The number of nitrogens with one attached hydrogen (secondary N) is 1. The number of hydrogen-bond acceptors (Lipinski definition) is 3. The Balaban J connectivity index is 2.15. The molecular formula is C19H29NO3.